The van der Waals surface area contributed by atoms with Crippen LogP contribution in [0.1, 0.15) is 17.0 Å². The molecule has 3 aromatic rings. The molecule has 0 unspecified atom stereocenters. The molecule has 140 valence electrons. The third kappa shape index (κ3) is 3.18. The summed E-state index contributed by atoms with van der Waals surface area (Å²) in [6, 6.07) is 5.13. The molecule has 0 fully saturated rings. The second kappa shape index (κ2) is 6.41. The zero-order valence-electron chi connectivity index (χ0n) is 13.8. The fourth-order valence-electron chi connectivity index (χ4n) is 3.16. The van der Waals surface area contributed by atoms with Crippen LogP contribution in [-0.4, -0.2) is 26.3 Å². The number of nitrogens with one attached hydrogen (secondary N) is 1. The molecule has 0 saturated heterocycles. The van der Waals surface area contributed by atoms with Crippen molar-refractivity contribution >= 4 is 17.3 Å². The van der Waals surface area contributed by atoms with Crippen LogP contribution < -0.4 is 10.5 Å². The fourth-order valence-corrected chi connectivity index (χ4v) is 3.37. The minimum atomic E-state index is -4.41. The first-order chi connectivity index (χ1) is 12.8. The Labute approximate surface area is 156 Å². The summed E-state index contributed by atoms with van der Waals surface area (Å²) in [6.07, 6.45) is -0.883. The number of aromatic nitrogens is 4. The van der Waals surface area contributed by atoms with Gasteiger partial charge >= 0.3 is 6.18 Å². The zero-order chi connectivity index (χ0) is 19.2. The number of halogens is 4. The summed E-state index contributed by atoms with van der Waals surface area (Å²) in [7, 11) is 0. The molecule has 1 N–H and O–H groups in total. The molecule has 0 spiro atoms. The first-order valence-electron chi connectivity index (χ1n) is 8.05. The number of nitrogens with zero attached hydrogens (tertiary/aromatic N) is 4. The highest BCUT2D eigenvalue weighted by Gasteiger charge is 2.31. The molecule has 6 nitrogen and oxygen atoms in total. The molecule has 1 aliphatic heterocycles. The van der Waals surface area contributed by atoms with Gasteiger partial charge in [0.1, 0.15) is 5.02 Å². The molecular formula is C17H13ClF3N5O. The normalized spacial score (nSPS) is 14.3. The van der Waals surface area contributed by atoms with Crippen molar-refractivity contribution in [3.8, 4) is 5.69 Å². The van der Waals surface area contributed by atoms with Crippen LogP contribution in [0.25, 0.3) is 5.69 Å². The molecule has 2 aromatic heterocycles. The van der Waals surface area contributed by atoms with Crippen molar-refractivity contribution < 1.29 is 13.2 Å². The van der Waals surface area contributed by atoms with Crippen molar-refractivity contribution in [2.45, 2.75) is 19.1 Å². The predicted molar refractivity (Wildman–Crippen MR) is 93.2 cm³/mol. The van der Waals surface area contributed by atoms with Crippen LogP contribution >= 0.6 is 11.6 Å². The number of alkyl halides is 3. The lowest BCUT2D eigenvalue weighted by Gasteiger charge is -2.29. The summed E-state index contributed by atoms with van der Waals surface area (Å²) in [5.74, 6) is 0. The highest BCUT2D eigenvalue weighted by molar-refractivity contribution is 6.32. The number of imidazole rings is 1. The maximum atomic E-state index is 13.0. The van der Waals surface area contributed by atoms with Gasteiger partial charge in [0.25, 0.3) is 5.56 Å². The van der Waals surface area contributed by atoms with Gasteiger partial charge in [-0.15, -0.1) is 0 Å². The molecule has 10 heteroatoms. The van der Waals surface area contributed by atoms with E-state index in [-0.39, 0.29) is 5.02 Å². The third-order valence-electron chi connectivity index (χ3n) is 4.48. The Hall–Kier alpha value is -2.81. The first kappa shape index (κ1) is 17.6. The Morgan fingerprint density at radius 1 is 1.26 bits per heavy atom. The average molecular weight is 396 g/mol. The van der Waals surface area contributed by atoms with Gasteiger partial charge in [0.05, 0.1) is 36.0 Å². The molecule has 4 rings (SSSR count). The standard InChI is InChI=1S/C17H13ClF3N5O/c18-15-14(7-23-24-16(15)27)25-5-4-13-12(8-25)22-9-26(13)11-3-1-2-10(6-11)17(19,20)21/h1-3,6-7,9H,4-5,8H2,(H,24,27). The zero-order valence-corrected chi connectivity index (χ0v) is 14.6. The van der Waals surface area contributed by atoms with Gasteiger partial charge < -0.3 is 9.47 Å². The Balaban J connectivity index is 1.67. The number of fused-ring (bicyclic) bond motifs is 1. The van der Waals surface area contributed by atoms with Gasteiger partial charge in [-0.05, 0) is 18.2 Å². The minimum Gasteiger partial charge on any atom is -0.362 e. The Morgan fingerprint density at radius 2 is 2.07 bits per heavy atom. The molecule has 0 radical (unpaired) electrons. The monoisotopic (exact) mass is 395 g/mol. The quantitative estimate of drug-likeness (QED) is 0.723. The molecule has 1 aliphatic rings. The molecule has 0 atom stereocenters. The van der Waals surface area contributed by atoms with E-state index >= 15 is 0 Å². The third-order valence-corrected chi connectivity index (χ3v) is 4.85. The van der Waals surface area contributed by atoms with Crippen molar-refractivity contribution in [3.63, 3.8) is 0 Å². The number of H-pyrrole nitrogens is 1. The van der Waals surface area contributed by atoms with Gasteiger partial charge in [-0.1, -0.05) is 17.7 Å². The van der Waals surface area contributed by atoms with Crippen molar-refractivity contribution in [3.05, 3.63) is 69.1 Å². The molecular weight excluding hydrogens is 383 g/mol. The summed E-state index contributed by atoms with van der Waals surface area (Å²) < 4.78 is 40.6. The number of aromatic amines is 1. The van der Waals surface area contributed by atoms with Crippen LogP contribution in [0.5, 0.6) is 0 Å². The molecule has 0 amide bonds. The number of hydrogen-bond acceptors (Lipinski definition) is 4. The van der Waals surface area contributed by atoms with E-state index in [1.54, 1.807) is 10.6 Å². The largest absolute Gasteiger partial charge is 0.416 e. The molecule has 0 bridgehead atoms. The lowest BCUT2D eigenvalue weighted by Crippen LogP contribution is -2.32. The SMILES string of the molecule is O=c1[nH]ncc(N2CCc3c(ncn3-c3cccc(C(F)(F)F)c3)C2)c1Cl. The maximum absolute atomic E-state index is 13.0. The Kier molecular flexibility index (Phi) is 4.18. The molecule has 0 aliphatic carbocycles. The summed E-state index contributed by atoms with van der Waals surface area (Å²) >= 11 is 6.06. The van der Waals surface area contributed by atoms with E-state index in [1.807, 2.05) is 4.90 Å². The highest BCUT2D eigenvalue weighted by atomic mass is 35.5. The number of anilines is 1. The maximum Gasteiger partial charge on any atom is 0.416 e. The smallest absolute Gasteiger partial charge is 0.362 e. The van der Waals surface area contributed by atoms with Gasteiger partial charge in [0.2, 0.25) is 0 Å². The lowest BCUT2D eigenvalue weighted by atomic mass is 10.1. The topological polar surface area (TPSA) is 66.8 Å². The summed E-state index contributed by atoms with van der Waals surface area (Å²) in [5.41, 5.74) is 1.27. The van der Waals surface area contributed by atoms with Crippen LogP contribution in [-0.2, 0) is 19.1 Å². The highest BCUT2D eigenvalue weighted by Crippen LogP contribution is 2.32. The predicted octanol–water partition coefficient (Wildman–Crippen LogP) is 3.19. The Bertz CT molecular complexity index is 1060. The van der Waals surface area contributed by atoms with Gasteiger partial charge in [-0.3, -0.25) is 4.79 Å². The summed E-state index contributed by atoms with van der Waals surface area (Å²) in [4.78, 5) is 17.9. The van der Waals surface area contributed by atoms with Gasteiger partial charge in [-0.2, -0.15) is 18.3 Å². The van der Waals surface area contributed by atoms with Crippen molar-refractivity contribution in [1.29, 1.82) is 0 Å². The van der Waals surface area contributed by atoms with Gasteiger partial charge in [0, 0.05) is 24.3 Å². The molecule has 3 heterocycles. The Morgan fingerprint density at radius 3 is 2.85 bits per heavy atom. The first-order valence-corrected chi connectivity index (χ1v) is 8.43. The molecule has 27 heavy (non-hydrogen) atoms. The van der Waals surface area contributed by atoms with E-state index < -0.39 is 17.3 Å². The second-order valence-electron chi connectivity index (χ2n) is 6.13. The van der Waals surface area contributed by atoms with E-state index in [9.17, 15) is 18.0 Å². The fraction of sp³-hybridized carbons (Fsp3) is 0.235. The van der Waals surface area contributed by atoms with Crippen LogP contribution in [0.4, 0.5) is 18.9 Å². The van der Waals surface area contributed by atoms with Crippen LogP contribution in [0, 0.1) is 0 Å². The molecule has 1 aromatic carbocycles. The lowest BCUT2D eigenvalue weighted by molar-refractivity contribution is -0.137. The van der Waals surface area contributed by atoms with E-state index in [4.69, 9.17) is 11.6 Å². The second-order valence-corrected chi connectivity index (χ2v) is 6.50. The summed E-state index contributed by atoms with van der Waals surface area (Å²) in [6.45, 7) is 0.911. The van der Waals surface area contributed by atoms with E-state index in [0.29, 0.717) is 30.9 Å². The summed E-state index contributed by atoms with van der Waals surface area (Å²) in [5, 5.41) is 6.08. The van der Waals surface area contributed by atoms with Crippen molar-refractivity contribution in [2.24, 2.45) is 0 Å². The van der Waals surface area contributed by atoms with E-state index in [2.05, 4.69) is 15.2 Å². The minimum absolute atomic E-state index is 0.0470. The number of hydrogen-bond donors (Lipinski definition) is 1. The van der Waals surface area contributed by atoms with Crippen LogP contribution in [0.3, 0.4) is 0 Å². The van der Waals surface area contributed by atoms with Crippen molar-refractivity contribution in [1.82, 2.24) is 19.7 Å². The van der Waals surface area contributed by atoms with E-state index in [1.165, 1.54) is 18.6 Å². The average Bonchev–Trinajstić information content (AvgIpc) is 3.06. The van der Waals surface area contributed by atoms with Crippen molar-refractivity contribution in [2.75, 3.05) is 11.4 Å². The number of benzene rings is 1. The van der Waals surface area contributed by atoms with Crippen LogP contribution in [0.2, 0.25) is 5.02 Å². The number of rotatable bonds is 2. The van der Waals surface area contributed by atoms with Gasteiger partial charge in [-0.25, -0.2) is 10.1 Å². The van der Waals surface area contributed by atoms with Crippen LogP contribution in [0.15, 0.2) is 41.6 Å². The molecule has 0 saturated carbocycles. The van der Waals surface area contributed by atoms with E-state index in [0.717, 1.165) is 23.5 Å². The van der Waals surface area contributed by atoms with Gasteiger partial charge in [0.15, 0.2) is 0 Å².